The monoisotopic (exact) mass is 250 g/mol. The van der Waals surface area contributed by atoms with Crippen molar-refractivity contribution in [3.8, 4) is 11.5 Å². The maximum Gasteiger partial charge on any atom is 0.314 e. The third kappa shape index (κ3) is 1.92. The maximum atomic E-state index is 11.5. The lowest BCUT2D eigenvalue weighted by Gasteiger charge is -2.38. The molecule has 0 unspecified atom stereocenters. The average Bonchev–Trinajstić information content (AvgIpc) is 2.28. The van der Waals surface area contributed by atoms with E-state index in [2.05, 4.69) is 0 Å². The predicted octanol–water partition coefficient (Wildman–Crippen LogP) is 2.60. The number of carboxylic acids is 1. The van der Waals surface area contributed by atoms with Gasteiger partial charge in [-0.15, -0.1) is 0 Å². The third-order valence-electron chi connectivity index (χ3n) is 3.63. The van der Waals surface area contributed by atoms with Gasteiger partial charge in [-0.25, -0.2) is 0 Å². The largest absolute Gasteiger partial charge is 0.493 e. The van der Waals surface area contributed by atoms with Gasteiger partial charge in [-0.1, -0.05) is 12.5 Å². The molecule has 0 heterocycles. The van der Waals surface area contributed by atoms with Crippen LogP contribution in [0.1, 0.15) is 31.7 Å². The zero-order chi connectivity index (χ0) is 13.2. The molecule has 0 spiro atoms. The van der Waals surface area contributed by atoms with Crippen LogP contribution in [0, 0.1) is 0 Å². The van der Waals surface area contributed by atoms with Gasteiger partial charge in [0.15, 0.2) is 11.5 Å². The standard InChI is InChI=1S/C14H18O4/c1-3-18-12-9-10(5-6-11(12)17-2)14(13(15)16)7-4-8-14/h5-6,9H,3-4,7-8H2,1-2H3,(H,15,16). The number of carboxylic acid groups (broad SMARTS) is 1. The van der Waals surface area contributed by atoms with E-state index in [1.807, 2.05) is 13.0 Å². The summed E-state index contributed by atoms with van der Waals surface area (Å²) >= 11 is 0. The molecule has 1 saturated carbocycles. The minimum atomic E-state index is -0.749. The van der Waals surface area contributed by atoms with Crippen LogP contribution in [0.4, 0.5) is 0 Å². The number of hydrogen-bond donors (Lipinski definition) is 1. The van der Waals surface area contributed by atoms with E-state index in [0.717, 1.165) is 12.0 Å². The molecule has 98 valence electrons. The maximum absolute atomic E-state index is 11.5. The zero-order valence-corrected chi connectivity index (χ0v) is 10.7. The molecule has 1 N–H and O–H groups in total. The number of aliphatic carboxylic acids is 1. The Balaban J connectivity index is 2.39. The number of methoxy groups -OCH3 is 1. The van der Waals surface area contributed by atoms with E-state index in [4.69, 9.17) is 9.47 Å². The van der Waals surface area contributed by atoms with Gasteiger partial charge in [0, 0.05) is 0 Å². The van der Waals surface area contributed by atoms with Crippen molar-refractivity contribution in [2.24, 2.45) is 0 Å². The van der Waals surface area contributed by atoms with Crippen LogP contribution in [-0.4, -0.2) is 24.8 Å². The fourth-order valence-electron chi connectivity index (χ4n) is 2.40. The Kier molecular flexibility index (Phi) is 3.45. The molecule has 1 aromatic carbocycles. The zero-order valence-electron chi connectivity index (χ0n) is 10.7. The van der Waals surface area contributed by atoms with Crippen LogP contribution in [0.25, 0.3) is 0 Å². The van der Waals surface area contributed by atoms with E-state index < -0.39 is 11.4 Å². The summed E-state index contributed by atoms with van der Waals surface area (Å²) in [7, 11) is 1.58. The Morgan fingerprint density at radius 1 is 1.39 bits per heavy atom. The quantitative estimate of drug-likeness (QED) is 0.872. The Hall–Kier alpha value is -1.71. The number of rotatable bonds is 5. The number of hydrogen-bond acceptors (Lipinski definition) is 3. The molecular weight excluding hydrogens is 232 g/mol. The second-order valence-corrected chi connectivity index (χ2v) is 4.54. The van der Waals surface area contributed by atoms with Crippen molar-refractivity contribution in [2.45, 2.75) is 31.6 Å². The molecular formula is C14H18O4. The van der Waals surface area contributed by atoms with Crippen LogP contribution in [0.15, 0.2) is 18.2 Å². The highest BCUT2D eigenvalue weighted by Gasteiger charge is 2.46. The van der Waals surface area contributed by atoms with Gasteiger partial charge < -0.3 is 14.6 Å². The van der Waals surface area contributed by atoms with Crippen molar-refractivity contribution < 1.29 is 19.4 Å². The van der Waals surface area contributed by atoms with Crippen molar-refractivity contribution >= 4 is 5.97 Å². The van der Waals surface area contributed by atoms with E-state index in [9.17, 15) is 9.90 Å². The SMILES string of the molecule is CCOc1cc(C2(C(=O)O)CCC2)ccc1OC. The molecule has 0 amide bonds. The van der Waals surface area contributed by atoms with Crippen LogP contribution in [0.3, 0.4) is 0 Å². The summed E-state index contributed by atoms with van der Waals surface area (Å²) in [5.41, 5.74) is 0.0866. The lowest BCUT2D eigenvalue weighted by Crippen LogP contribution is -2.42. The summed E-state index contributed by atoms with van der Waals surface area (Å²) in [6.45, 7) is 2.42. The van der Waals surface area contributed by atoms with Crippen LogP contribution < -0.4 is 9.47 Å². The Morgan fingerprint density at radius 3 is 2.56 bits per heavy atom. The number of carbonyl (C=O) groups is 1. The first-order valence-corrected chi connectivity index (χ1v) is 6.19. The minimum absolute atomic E-state index is 0.528. The Morgan fingerprint density at radius 2 is 2.11 bits per heavy atom. The first-order chi connectivity index (χ1) is 8.64. The molecule has 0 atom stereocenters. The molecule has 0 radical (unpaired) electrons. The Labute approximate surface area is 107 Å². The first kappa shape index (κ1) is 12.7. The molecule has 1 aliphatic carbocycles. The van der Waals surface area contributed by atoms with Gasteiger partial charge in [-0.3, -0.25) is 4.79 Å². The molecule has 2 rings (SSSR count). The fourth-order valence-corrected chi connectivity index (χ4v) is 2.40. The van der Waals surface area contributed by atoms with E-state index in [-0.39, 0.29) is 0 Å². The molecule has 0 aromatic heterocycles. The molecule has 1 fully saturated rings. The molecule has 0 aliphatic heterocycles. The predicted molar refractivity (Wildman–Crippen MR) is 67.3 cm³/mol. The van der Waals surface area contributed by atoms with Gasteiger partial charge in [-0.05, 0) is 37.5 Å². The molecule has 1 aromatic rings. The summed E-state index contributed by atoms with van der Waals surface area (Å²) in [6.07, 6.45) is 2.35. The van der Waals surface area contributed by atoms with Gasteiger partial charge in [0.25, 0.3) is 0 Å². The Bertz CT molecular complexity index is 449. The lowest BCUT2D eigenvalue weighted by molar-refractivity contribution is -0.147. The first-order valence-electron chi connectivity index (χ1n) is 6.19. The summed E-state index contributed by atoms with van der Waals surface area (Å²) in [5, 5.41) is 9.41. The summed E-state index contributed by atoms with van der Waals surface area (Å²) < 4.78 is 10.7. The number of ether oxygens (including phenoxy) is 2. The summed E-state index contributed by atoms with van der Waals surface area (Å²) in [5.74, 6) is 0.506. The van der Waals surface area contributed by atoms with Crippen molar-refractivity contribution in [2.75, 3.05) is 13.7 Å². The van der Waals surface area contributed by atoms with Gasteiger partial charge in [0.2, 0.25) is 0 Å². The molecule has 0 saturated heterocycles. The van der Waals surface area contributed by atoms with Crippen LogP contribution in [0.2, 0.25) is 0 Å². The molecule has 1 aliphatic rings. The average molecular weight is 250 g/mol. The smallest absolute Gasteiger partial charge is 0.314 e. The topological polar surface area (TPSA) is 55.8 Å². The molecule has 4 heteroatoms. The van der Waals surface area contributed by atoms with Gasteiger partial charge >= 0.3 is 5.97 Å². The van der Waals surface area contributed by atoms with Gasteiger partial charge in [0.1, 0.15) is 0 Å². The molecule has 4 nitrogen and oxygen atoms in total. The second kappa shape index (κ2) is 4.88. The van der Waals surface area contributed by atoms with E-state index in [1.165, 1.54) is 0 Å². The van der Waals surface area contributed by atoms with E-state index >= 15 is 0 Å². The van der Waals surface area contributed by atoms with E-state index in [1.54, 1.807) is 19.2 Å². The highest BCUT2D eigenvalue weighted by molar-refractivity contribution is 5.83. The lowest BCUT2D eigenvalue weighted by atomic mass is 9.64. The van der Waals surface area contributed by atoms with Crippen molar-refractivity contribution in [1.82, 2.24) is 0 Å². The van der Waals surface area contributed by atoms with Gasteiger partial charge in [-0.2, -0.15) is 0 Å². The molecule has 0 bridgehead atoms. The van der Waals surface area contributed by atoms with Crippen molar-refractivity contribution in [3.63, 3.8) is 0 Å². The minimum Gasteiger partial charge on any atom is -0.493 e. The summed E-state index contributed by atoms with van der Waals surface area (Å²) in [4.78, 5) is 11.5. The normalized spacial score (nSPS) is 16.8. The third-order valence-corrected chi connectivity index (χ3v) is 3.63. The molecule has 18 heavy (non-hydrogen) atoms. The fraction of sp³-hybridized carbons (Fsp3) is 0.500. The van der Waals surface area contributed by atoms with Crippen molar-refractivity contribution in [1.29, 1.82) is 0 Å². The van der Waals surface area contributed by atoms with Crippen LogP contribution in [0.5, 0.6) is 11.5 Å². The van der Waals surface area contributed by atoms with Crippen LogP contribution in [-0.2, 0) is 10.2 Å². The van der Waals surface area contributed by atoms with Crippen molar-refractivity contribution in [3.05, 3.63) is 23.8 Å². The number of benzene rings is 1. The highest BCUT2D eigenvalue weighted by Crippen LogP contribution is 2.46. The van der Waals surface area contributed by atoms with Crippen LogP contribution >= 0.6 is 0 Å². The van der Waals surface area contributed by atoms with E-state index in [0.29, 0.717) is 30.9 Å². The highest BCUT2D eigenvalue weighted by atomic mass is 16.5. The summed E-state index contributed by atoms with van der Waals surface area (Å²) in [6, 6.07) is 5.41. The van der Waals surface area contributed by atoms with Gasteiger partial charge in [0.05, 0.1) is 19.1 Å². The second-order valence-electron chi connectivity index (χ2n) is 4.54.